The minimum absolute atomic E-state index is 0.306. The van der Waals surface area contributed by atoms with Crippen LogP contribution >= 0.6 is 0 Å². The van der Waals surface area contributed by atoms with Crippen LogP contribution in [0.4, 0.5) is 0 Å². The second-order valence-corrected chi connectivity index (χ2v) is 6.78. The Balaban J connectivity index is 0. The van der Waals surface area contributed by atoms with Gasteiger partial charge in [-0.05, 0) is 0 Å². The van der Waals surface area contributed by atoms with E-state index < -0.39 is 6.35 Å². The third-order valence-corrected chi connectivity index (χ3v) is 2.00. The Bertz CT molecular complexity index is 155. The van der Waals surface area contributed by atoms with Crippen molar-refractivity contribution < 1.29 is 8.94 Å². The van der Waals surface area contributed by atoms with Crippen LogP contribution in [-0.4, -0.2) is 26.9 Å². The van der Waals surface area contributed by atoms with Gasteiger partial charge in [0.1, 0.15) is 13.8 Å². The summed E-state index contributed by atoms with van der Waals surface area (Å²) in [6.07, 6.45) is 0.174. The van der Waals surface area contributed by atoms with Crippen LogP contribution in [0.25, 0.3) is 0 Å². The summed E-state index contributed by atoms with van der Waals surface area (Å²) in [6, 6.07) is 0. The van der Waals surface area contributed by atoms with Gasteiger partial charge < -0.3 is 8.94 Å². The molecule has 0 fully saturated rings. The molecule has 0 aliphatic rings. The van der Waals surface area contributed by atoms with Crippen LogP contribution < -0.4 is 0 Å². The molecule has 2 nitrogen and oxygen atoms in total. The second-order valence-electron chi connectivity index (χ2n) is 6.78. The summed E-state index contributed by atoms with van der Waals surface area (Å²) in [7, 11) is 4.06. The van der Waals surface area contributed by atoms with Crippen LogP contribution in [0.5, 0.6) is 0 Å². The fraction of sp³-hybridized carbons (Fsp3) is 0.909. The van der Waals surface area contributed by atoms with E-state index >= 15 is 0 Å². The van der Waals surface area contributed by atoms with Gasteiger partial charge in [0.05, 0.1) is 14.2 Å². The Hall–Kier alpha value is -0.0801. The molecule has 0 aromatic heterocycles. The predicted molar refractivity (Wildman–Crippen MR) is 75.3 cm³/mol. The Morgan fingerprint density at radius 3 is 1.13 bits per heavy atom. The predicted octanol–water partition coefficient (Wildman–Crippen LogP) is 4.04. The molecule has 0 amide bonds. The summed E-state index contributed by atoms with van der Waals surface area (Å²) in [5, 5.41) is 0. The van der Waals surface area contributed by atoms with Crippen molar-refractivity contribution >= 4 is 12.7 Å². The quantitative estimate of drug-likeness (QED) is 0.393. The highest BCUT2D eigenvalue weighted by atomic mass is 16.6. The van der Waals surface area contributed by atoms with Crippen LogP contribution in [-0.2, 0) is 8.94 Å². The van der Waals surface area contributed by atoms with E-state index in [0.29, 0.717) is 0 Å². The van der Waals surface area contributed by atoms with Gasteiger partial charge in [-0.25, -0.2) is 0 Å². The molecule has 0 saturated carbocycles. The molecule has 0 rings (SSSR count). The van der Waals surface area contributed by atoms with E-state index in [4.69, 9.17) is 4.65 Å². The molecule has 0 saturated heterocycles. The third-order valence-electron chi connectivity index (χ3n) is 2.00. The lowest BCUT2D eigenvalue weighted by atomic mass is 9.46. The molecule has 0 radical (unpaired) electrons. The average Bonchev–Trinajstić information content (AvgIpc) is 1.78. The lowest BCUT2D eigenvalue weighted by Crippen LogP contribution is -2.32. The fourth-order valence-electron chi connectivity index (χ4n) is 0.707. The van der Waals surface area contributed by atoms with E-state index in [1.54, 1.807) is 0 Å². The highest BCUT2D eigenvalue weighted by Gasteiger charge is 2.15. The summed E-state index contributed by atoms with van der Waals surface area (Å²) < 4.78 is 8.36. The molecule has 0 aromatic rings. The van der Waals surface area contributed by atoms with Gasteiger partial charge in [-0.3, -0.25) is 0 Å². The van der Waals surface area contributed by atoms with Crippen LogP contribution in [0.3, 0.4) is 0 Å². The van der Waals surface area contributed by atoms with Crippen LogP contribution in [0.15, 0.2) is 0 Å². The molecule has 0 aliphatic carbocycles. The zero-order valence-electron chi connectivity index (χ0n) is 12.5. The van der Waals surface area contributed by atoms with Gasteiger partial charge in [-0.2, -0.15) is 20.5 Å². The first-order valence-electron chi connectivity index (χ1n) is 5.96. The van der Waals surface area contributed by atoms with Gasteiger partial charge in [-0.15, -0.1) is 20.5 Å². The van der Waals surface area contributed by atoms with Gasteiger partial charge >= 0.3 is 0 Å². The molecule has 0 bridgehead atoms. The average molecular weight is 216 g/mol. The molecular formula is C11H30B2O2. The van der Waals surface area contributed by atoms with Gasteiger partial charge in [0.15, 0.2) is 12.5 Å². The Morgan fingerprint density at radius 2 is 1.13 bits per heavy atom. The van der Waals surface area contributed by atoms with Gasteiger partial charge in [-0.1, -0.05) is 0 Å². The summed E-state index contributed by atoms with van der Waals surface area (Å²) in [5.41, 5.74) is 0. The highest BCUT2D eigenvalue weighted by Crippen LogP contribution is 2.10. The molecule has 4 heteroatoms. The number of hydrogen-bond acceptors (Lipinski definition) is 1. The lowest BCUT2D eigenvalue weighted by molar-refractivity contribution is 0.107. The first-order chi connectivity index (χ1) is 6.36. The van der Waals surface area contributed by atoms with Gasteiger partial charge in [0, 0.05) is 0 Å². The Labute approximate surface area is 97.3 Å². The second kappa shape index (κ2) is 6.49. The normalized spacial score (nSPS) is 12.2. The lowest BCUT2D eigenvalue weighted by Gasteiger charge is -2.31. The minimum atomic E-state index is -0.574. The number of hydrogen-bond donors (Lipinski definition) is 0. The first-order valence-corrected chi connectivity index (χ1v) is 5.96. The standard InChI is InChI=1S/C6H15BO.C5H15BO/c1-6(2)8-7(3,4)5;1-6(2,3)7(4)5/h1-5H3;1-5H3. The van der Waals surface area contributed by atoms with E-state index in [0.717, 1.165) is 6.10 Å². The molecule has 0 heterocycles. The van der Waals surface area contributed by atoms with E-state index in [1.807, 2.05) is 28.1 Å². The topological polar surface area (TPSA) is 11.9 Å². The molecule has 0 spiro atoms. The molecule has 0 aliphatic heterocycles. The monoisotopic (exact) mass is 216 g/mol. The summed E-state index contributed by atoms with van der Waals surface area (Å²) >= 11 is 0. The Kier molecular flexibility index (Phi) is 7.49. The van der Waals surface area contributed by atoms with Crippen molar-refractivity contribution in [2.45, 2.75) is 54.8 Å². The first kappa shape index (κ1) is 17.3. The van der Waals surface area contributed by atoms with Crippen LogP contribution in [0.2, 0.25) is 40.9 Å². The van der Waals surface area contributed by atoms with Crippen LogP contribution in [0, 0.1) is 6.10 Å². The minimum Gasteiger partial charge on any atom is -0.676 e. The molecular weight excluding hydrogens is 186 g/mol. The maximum Gasteiger partial charge on any atom is 0.285 e. The van der Waals surface area contributed by atoms with Crippen molar-refractivity contribution in [1.82, 2.24) is 0 Å². The van der Waals surface area contributed by atoms with Gasteiger partial charge in [0.2, 0.25) is 0 Å². The van der Waals surface area contributed by atoms with Crippen molar-refractivity contribution in [2.24, 2.45) is 0 Å². The Morgan fingerprint density at radius 1 is 0.867 bits per heavy atom. The molecule has 92 valence electrons. The van der Waals surface area contributed by atoms with E-state index in [-0.39, 0.29) is 6.35 Å². The SMILES string of the molecule is C[C+](C)O[B-](C)(C)C.C[O+](C)[B-](C)(C)C. The number of rotatable bonds is 3. The van der Waals surface area contributed by atoms with Crippen molar-refractivity contribution in [1.29, 1.82) is 0 Å². The molecule has 0 aromatic carbocycles. The smallest absolute Gasteiger partial charge is 0.285 e. The zero-order chi connectivity index (χ0) is 12.9. The summed E-state index contributed by atoms with van der Waals surface area (Å²) in [5.74, 6) is 0. The van der Waals surface area contributed by atoms with Crippen molar-refractivity contribution in [3.05, 3.63) is 6.10 Å². The third kappa shape index (κ3) is 16.6. The van der Waals surface area contributed by atoms with Crippen LogP contribution in [0.1, 0.15) is 13.8 Å². The molecule has 15 heavy (non-hydrogen) atoms. The molecule has 0 unspecified atom stereocenters. The van der Waals surface area contributed by atoms with Crippen molar-refractivity contribution in [3.63, 3.8) is 0 Å². The van der Waals surface area contributed by atoms with Gasteiger partial charge in [0.25, 0.3) is 6.35 Å². The maximum atomic E-state index is 5.42. The summed E-state index contributed by atoms with van der Waals surface area (Å²) in [4.78, 5) is 0. The zero-order valence-corrected chi connectivity index (χ0v) is 12.5. The highest BCUT2D eigenvalue weighted by molar-refractivity contribution is 6.70. The molecule has 0 atom stereocenters. The van der Waals surface area contributed by atoms with E-state index in [9.17, 15) is 0 Å². The van der Waals surface area contributed by atoms with E-state index in [2.05, 4.69) is 45.2 Å². The summed E-state index contributed by atoms with van der Waals surface area (Å²) in [6.45, 7) is 16.9. The van der Waals surface area contributed by atoms with Crippen molar-refractivity contribution in [3.8, 4) is 0 Å². The fourth-order valence-corrected chi connectivity index (χ4v) is 0.707. The largest absolute Gasteiger partial charge is 0.676 e. The van der Waals surface area contributed by atoms with E-state index in [1.165, 1.54) is 0 Å². The maximum absolute atomic E-state index is 5.42. The molecule has 0 N–H and O–H groups in total. The van der Waals surface area contributed by atoms with Crippen molar-refractivity contribution in [2.75, 3.05) is 14.2 Å².